The minimum atomic E-state index is -0.351. The topological polar surface area (TPSA) is 58.7 Å². The molecule has 1 heterocycles. The van der Waals surface area contributed by atoms with Crippen LogP contribution in [0, 0.1) is 10.1 Å². The third kappa shape index (κ3) is 5.58. The third-order valence-corrected chi connectivity index (χ3v) is 6.33. The van der Waals surface area contributed by atoms with E-state index in [1.165, 1.54) is 5.56 Å². The number of anilines is 1. The van der Waals surface area contributed by atoms with E-state index < -0.39 is 0 Å². The Balaban J connectivity index is 0.00000289. The van der Waals surface area contributed by atoms with E-state index in [4.69, 9.17) is 4.99 Å². The Bertz CT molecular complexity index is 1150. The number of benzodiazepines with no additional fused rings is 1. The highest BCUT2D eigenvalue weighted by Crippen LogP contribution is 2.31. The van der Waals surface area contributed by atoms with E-state index in [2.05, 4.69) is 36.2 Å². The summed E-state index contributed by atoms with van der Waals surface area (Å²) < 4.78 is 0. The van der Waals surface area contributed by atoms with Crippen LogP contribution in [0.1, 0.15) is 16.7 Å². The van der Waals surface area contributed by atoms with Crippen molar-refractivity contribution in [3.8, 4) is 0 Å². The molecule has 0 spiro atoms. The van der Waals surface area contributed by atoms with Crippen LogP contribution in [0.3, 0.4) is 0 Å². The van der Waals surface area contributed by atoms with Crippen LogP contribution in [0.2, 0.25) is 0 Å². The fraction of sp³-hybridized carbons (Fsp3) is 0.160. The maximum Gasteiger partial charge on any atom is 0.270 e. The number of aliphatic imine (C=N–C) groups is 1. The zero-order valence-electron chi connectivity index (χ0n) is 17.7. The molecule has 3 aromatic rings. The largest absolute Gasteiger partial charge is 0.372 e. The normalized spacial score (nSPS) is 13.2. The van der Waals surface area contributed by atoms with Gasteiger partial charge in [0.2, 0.25) is 0 Å². The molecule has 0 bridgehead atoms. The number of thioether (sulfide) groups is 1. The summed E-state index contributed by atoms with van der Waals surface area (Å²) in [5, 5.41) is 11.3. The van der Waals surface area contributed by atoms with Gasteiger partial charge in [-0.15, -0.1) is 24.2 Å². The fourth-order valence-electron chi connectivity index (χ4n) is 3.51. The average Bonchev–Trinajstić information content (AvgIpc) is 2.96. The number of non-ortho nitro benzene ring substituents is 1. The van der Waals surface area contributed by atoms with Crippen LogP contribution in [-0.4, -0.2) is 30.8 Å². The number of nitro groups is 1. The number of fused-ring (bicyclic) bond motifs is 1. The summed E-state index contributed by atoms with van der Waals surface area (Å²) in [5.74, 6) is 0.800. The molecule has 0 unspecified atom stereocenters. The number of halogens is 1. The number of nitro benzene ring substituents is 1. The van der Waals surface area contributed by atoms with E-state index in [1.807, 2.05) is 48.6 Å². The highest BCUT2D eigenvalue weighted by molar-refractivity contribution is 7.98. The fourth-order valence-corrected chi connectivity index (χ4v) is 4.48. The molecule has 3 aromatic carbocycles. The molecule has 1 aliphatic heterocycles. The molecule has 5 nitrogen and oxygen atoms in total. The van der Waals surface area contributed by atoms with Gasteiger partial charge in [-0.3, -0.25) is 15.1 Å². The molecule has 0 radical (unpaired) electrons. The van der Waals surface area contributed by atoms with Gasteiger partial charge in [-0.1, -0.05) is 54.6 Å². The molecule has 0 saturated carbocycles. The molecule has 0 amide bonds. The van der Waals surface area contributed by atoms with E-state index in [0.29, 0.717) is 6.54 Å². The molecular formula is C25H24ClN3O2S. The van der Waals surface area contributed by atoms with Gasteiger partial charge in [-0.2, -0.15) is 0 Å². The smallest absolute Gasteiger partial charge is 0.270 e. The first-order valence-electron chi connectivity index (χ1n) is 10.1. The van der Waals surface area contributed by atoms with Gasteiger partial charge in [-0.05, 0) is 29.3 Å². The summed E-state index contributed by atoms with van der Waals surface area (Å²) in [5.41, 5.74) is 5.24. The predicted molar refractivity (Wildman–Crippen MR) is 136 cm³/mol. The molecule has 0 saturated heterocycles. The number of rotatable bonds is 6. The molecule has 7 heteroatoms. The van der Waals surface area contributed by atoms with Gasteiger partial charge in [0.1, 0.15) is 0 Å². The van der Waals surface area contributed by atoms with Crippen molar-refractivity contribution >= 4 is 47.3 Å². The lowest BCUT2D eigenvalue weighted by Crippen LogP contribution is -2.20. The number of hydrogen-bond donors (Lipinski definition) is 0. The van der Waals surface area contributed by atoms with Crippen molar-refractivity contribution in [1.29, 1.82) is 0 Å². The Morgan fingerprint density at radius 2 is 1.81 bits per heavy atom. The Labute approximate surface area is 198 Å². The summed E-state index contributed by atoms with van der Waals surface area (Å²) in [7, 11) is 2.07. The summed E-state index contributed by atoms with van der Waals surface area (Å²) in [6.45, 7) is 1.55. The number of allylic oxidation sites excluding steroid dienone is 1. The van der Waals surface area contributed by atoms with Crippen LogP contribution in [0.15, 0.2) is 88.8 Å². The van der Waals surface area contributed by atoms with E-state index in [0.717, 1.165) is 39.7 Å². The summed E-state index contributed by atoms with van der Waals surface area (Å²) in [6.07, 6.45) is 3.92. The third-order valence-electron chi connectivity index (χ3n) is 5.17. The number of benzene rings is 3. The lowest BCUT2D eigenvalue weighted by atomic mass is 10.1. The van der Waals surface area contributed by atoms with Gasteiger partial charge in [0.05, 0.1) is 17.2 Å². The summed E-state index contributed by atoms with van der Waals surface area (Å²) >= 11 is 1.68. The van der Waals surface area contributed by atoms with Crippen molar-refractivity contribution in [3.63, 3.8) is 0 Å². The van der Waals surface area contributed by atoms with E-state index >= 15 is 0 Å². The van der Waals surface area contributed by atoms with Gasteiger partial charge in [-0.25, -0.2) is 0 Å². The Kier molecular flexibility index (Phi) is 8.09. The van der Waals surface area contributed by atoms with Crippen molar-refractivity contribution in [2.75, 3.05) is 25.0 Å². The minimum absolute atomic E-state index is 0. The molecule has 32 heavy (non-hydrogen) atoms. The van der Waals surface area contributed by atoms with E-state index in [1.54, 1.807) is 23.9 Å². The van der Waals surface area contributed by atoms with Crippen LogP contribution in [-0.2, 0) is 5.75 Å². The van der Waals surface area contributed by atoms with Gasteiger partial charge < -0.3 is 4.90 Å². The second-order valence-electron chi connectivity index (χ2n) is 7.29. The van der Waals surface area contributed by atoms with Crippen molar-refractivity contribution in [1.82, 2.24) is 0 Å². The zero-order valence-corrected chi connectivity index (χ0v) is 19.3. The van der Waals surface area contributed by atoms with Crippen LogP contribution >= 0.6 is 24.2 Å². The van der Waals surface area contributed by atoms with Crippen LogP contribution in [0.5, 0.6) is 0 Å². The maximum absolute atomic E-state index is 11.3. The quantitative estimate of drug-likeness (QED) is 0.245. The number of para-hydroxylation sites is 1. The van der Waals surface area contributed by atoms with Crippen LogP contribution in [0.25, 0.3) is 6.08 Å². The predicted octanol–water partition coefficient (Wildman–Crippen LogP) is 6.26. The first kappa shape index (κ1) is 23.6. The second kappa shape index (κ2) is 11.0. The number of likely N-dealkylation sites (N-methyl/N-ethyl adjacent to an activating group) is 1. The lowest BCUT2D eigenvalue weighted by molar-refractivity contribution is -0.384. The second-order valence-corrected chi connectivity index (χ2v) is 8.31. The average molecular weight is 466 g/mol. The lowest BCUT2D eigenvalue weighted by Gasteiger charge is -2.18. The van der Waals surface area contributed by atoms with Crippen molar-refractivity contribution in [3.05, 3.63) is 106 Å². The summed E-state index contributed by atoms with van der Waals surface area (Å²) in [6, 6.07) is 23.4. The van der Waals surface area contributed by atoms with Gasteiger partial charge >= 0.3 is 0 Å². The molecule has 0 atom stereocenters. The molecule has 0 aliphatic carbocycles. The Hall–Kier alpha value is -3.09. The molecule has 1 aliphatic rings. The van der Waals surface area contributed by atoms with Crippen LogP contribution in [0.4, 0.5) is 11.4 Å². The van der Waals surface area contributed by atoms with E-state index in [-0.39, 0.29) is 23.0 Å². The van der Waals surface area contributed by atoms with E-state index in [9.17, 15) is 10.1 Å². The Morgan fingerprint density at radius 3 is 2.59 bits per heavy atom. The highest BCUT2D eigenvalue weighted by atomic mass is 35.5. The molecule has 0 fully saturated rings. The number of nitrogens with zero attached hydrogens (tertiary/aromatic N) is 3. The van der Waals surface area contributed by atoms with Gasteiger partial charge in [0, 0.05) is 47.6 Å². The number of hydrogen-bond acceptors (Lipinski definition) is 5. The van der Waals surface area contributed by atoms with Crippen molar-refractivity contribution in [2.45, 2.75) is 10.6 Å². The first-order chi connectivity index (χ1) is 15.1. The molecule has 164 valence electrons. The van der Waals surface area contributed by atoms with Crippen molar-refractivity contribution in [2.24, 2.45) is 4.99 Å². The zero-order chi connectivity index (χ0) is 21.6. The first-order valence-corrected chi connectivity index (χ1v) is 11.1. The van der Waals surface area contributed by atoms with Gasteiger partial charge in [0.15, 0.2) is 0 Å². The summed E-state index contributed by atoms with van der Waals surface area (Å²) in [4.78, 5) is 19.0. The van der Waals surface area contributed by atoms with Crippen molar-refractivity contribution < 1.29 is 4.92 Å². The molecule has 0 N–H and O–H groups in total. The Morgan fingerprint density at radius 1 is 1.06 bits per heavy atom. The maximum atomic E-state index is 11.3. The molecular weight excluding hydrogens is 442 g/mol. The van der Waals surface area contributed by atoms with Gasteiger partial charge in [0.25, 0.3) is 5.69 Å². The minimum Gasteiger partial charge on any atom is -0.372 e. The van der Waals surface area contributed by atoms with Crippen LogP contribution < -0.4 is 4.90 Å². The standard InChI is InChI=1S/C25H23N3O2S.ClH/c1-27-16-15-26-23(22-9-5-6-10-24(22)27)13-11-20-17-21(28(29)30)12-14-25(20)31-18-19-7-3-2-4-8-19;/h2-14,17H,15-16,18H2,1H3;1H/b13-11+;. The molecule has 0 aromatic heterocycles. The monoisotopic (exact) mass is 465 g/mol. The SMILES string of the molecule is CN1CCN=C(/C=C/c2cc([N+](=O)[O-])ccc2SCc2ccccc2)c2ccccc21.Cl. The molecule has 4 rings (SSSR count). The highest BCUT2D eigenvalue weighted by Gasteiger charge is 2.15.